The maximum Gasteiger partial charge on any atom is 0.339 e. The summed E-state index contributed by atoms with van der Waals surface area (Å²) in [6.45, 7) is 13.2. The SMILES string of the molecule is CCCc1c(CCC)c(CCC)c2cc3c(-c4ccccc4)c4c(c(-c5ccccc5)c3cc2c1CCC)Cc1c(C)c(C(=O)OC)c(C(=O)OC)c(C)c1C4. The van der Waals surface area contributed by atoms with Crippen molar-refractivity contribution in [2.45, 2.75) is 106 Å². The van der Waals surface area contributed by atoms with Crippen LogP contribution in [0.25, 0.3) is 43.8 Å². The number of esters is 2. The molecule has 0 N–H and O–H groups in total. The zero-order valence-corrected chi connectivity index (χ0v) is 34.6. The molecule has 0 aromatic heterocycles. The molecule has 0 saturated heterocycles. The van der Waals surface area contributed by atoms with E-state index in [2.05, 4.69) is 100 Å². The highest BCUT2D eigenvalue weighted by molar-refractivity contribution is 6.15. The van der Waals surface area contributed by atoms with Gasteiger partial charge in [0.15, 0.2) is 0 Å². The summed E-state index contributed by atoms with van der Waals surface area (Å²) in [5, 5.41) is 5.34. The van der Waals surface area contributed by atoms with Crippen molar-refractivity contribution in [3.05, 3.63) is 140 Å². The molecule has 7 rings (SSSR count). The Hall–Kier alpha value is -5.22. The summed E-state index contributed by atoms with van der Waals surface area (Å²) in [5.74, 6) is -1.04. The van der Waals surface area contributed by atoms with Crippen LogP contribution in [0.1, 0.15) is 130 Å². The number of fused-ring (bicyclic) bond motifs is 4. The lowest BCUT2D eigenvalue weighted by Crippen LogP contribution is -2.22. The molecule has 0 spiro atoms. The van der Waals surface area contributed by atoms with E-state index in [9.17, 15) is 9.59 Å². The van der Waals surface area contributed by atoms with Crippen LogP contribution in [0.15, 0.2) is 72.8 Å². The molecule has 4 heteroatoms. The topological polar surface area (TPSA) is 52.6 Å². The Morgan fingerprint density at radius 2 is 0.821 bits per heavy atom. The quantitative estimate of drug-likeness (QED) is 0.0923. The molecule has 56 heavy (non-hydrogen) atoms. The second kappa shape index (κ2) is 16.5. The number of rotatable bonds is 12. The van der Waals surface area contributed by atoms with E-state index in [4.69, 9.17) is 9.47 Å². The molecular formula is C52H56O4. The van der Waals surface area contributed by atoms with Gasteiger partial charge in [-0.2, -0.15) is 0 Å². The van der Waals surface area contributed by atoms with Crippen LogP contribution >= 0.6 is 0 Å². The van der Waals surface area contributed by atoms with Gasteiger partial charge in [0.1, 0.15) is 0 Å². The van der Waals surface area contributed by atoms with Gasteiger partial charge in [0.2, 0.25) is 0 Å². The van der Waals surface area contributed by atoms with E-state index in [0.717, 1.165) is 73.6 Å². The zero-order valence-electron chi connectivity index (χ0n) is 34.6. The van der Waals surface area contributed by atoms with Gasteiger partial charge in [-0.05, 0) is 164 Å². The lowest BCUT2D eigenvalue weighted by molar-refractivity contribution is 0.0553. The first-order chi connectivity index (χ1) is 27.2. The van der Waals surface area contributed by atoms with Crippen molar-refractivity contribution in [3.8, 4) is 22.3 Å². The molecule has 288 valence electrons. The predicted molar refractivity (Wildman–Crippen MR) is 233 cm³/mol. The minimum absolute atomic E-state index is 0.300. The number of benzene rings is 6. The van der Waals surface area contributed by atoms with Gasteiger partial charge in [-0.25, -0.2) is 9.59 Å². The lowest BCUT2D eigenvalue weighted by atomic mass is 9.72. The van der Waals surface area contributed by atoms with Gasteiger partial charge in [-0.3, -0.25) is 0 Å². The van der Waals surface area contributed by atoms with Crippen LogP contribution in [-0.4, -0.2) is 26.2 Å². The van der Waals surface area contributed by atoms with Crippen molar-refractivity contribution in [1.82, 2.24) is 0 Å². The minimum atomic E-state index is -0.519. The molecule has 1 aliphatic rings. The van der Waals surface area contributed by atoms with Gasteiger partial charge < -0.3 is 9.47 Å². The Morgan fingerprint density at radius 3 is 1.14 bits per heavy atom. The fraction of sp³-hybridized carbons (Fsp3) is 0.346. The molecule has 0 amide bonds. The summed E-state index contributed by atoms with van der Waals surface area (Å²) < 4.78 is 10.6. The minimum Gasteiger partial charge on any atom is -0.465 e. The Morgan fingerprint density at radius 1 is 0.482 bits per heavy atom. The van der Waals surface area contributed by atoms with Gasteiger partial charge in [-0.1, -0.05) is 114 Å². The predicted octanol–water partition coefficient (Wildman–Crippen LogP) is 12.8. The smallest absolute Gasteiger partial charge is 0.339 e. The molecule has 0 saturated carbocycles. The van der Waals surface area contributed by atoms with Crippen LogP contribution in [0.2, 0.25) is 0 Å². The number of carbonyl (C=O) groups is 2. The molecule has 4 nitrogen and oxygen atoms in total. The molecule has 0 bridgehead atoms. The van der Waals surface area contributed by atoms with E-state index >= 15 is 0 Å². The van der Waals surface area contributed by atoms with Crippen molar-refractivity contribution in [1.29, 1.82) is 0 Å². The molecule has 0 unspecified atom stereocenters. The molecule has 6 aromatic carbocycles. The van der Waals surface area contributed by atoms with Crippen molar-refractivity contribution in [3.63, 3.8) is 0 Å². The molecule has 1 aliphatic carbocycles. The highest BCUT2D eigenvalue weighted by Gasteiger charge is 2.34. The third-order valence-corrected chi connectivity index (χ3v) is 12.3. The number of aryl methyl sites for hydroxylation is 2. The van der Waals surface area contributed by atoms with Crippen LogP contribution in [-0.2, 0) is 48.0 Å². The monoisotopic (exact) mass is 744 g/mol. The second-order valence-corrected chi connectivity index (χ2v) is 15.6. The summed E-state index contributed by atoms with van der Waals surface area (Å²) in [6.07, 6.45) is 10.0. The maximum absolute atomic E-state index is 13.5. The highest BCUT2D eigenvalue weighted by Crippen LogP contribution is 2.50. The summed E-state index contributed by atoms with van der Waals surface area (Å²) in [7, 11) is 2.75. The first-order valence-electron chi connectivity index (χ1n) is 20.8. The first kappa shape index (κ1) is 39.0. The number of methoxy groups -OCH3 is 2. The molecule has 0 heterocycles. The van der Waals surface area contributed by atoms with Crippen molar-refractivity contribution in [2.24, 2.45) is 0 Å². The van der Waals surface area contributed by atoms with Gasteiger partial charge in [0, 0.05) is 0 Å². The van der Waals surface area contributed by atoms with Crippen molar-refractivity contribution < 1.29 is 19.1 Å². The van der Waals surface area contributed by atoms with E-state index in [1.165, 1.54) is 80.3 Å². The van der Waals surface area contributed by atoms with Crippen LogP contribution in [0, 0.1) is 13.8 Å². The summed E-state index contributed by atoms with van der Waals surface area (Å²) in [6, 6.07) is 26.9. The van der Waals surface area contributed by atoms with E-state index in [0.29, 0.717) is 24.0 Å². The summed E-state index contributed by atoms with van der Waals surface area (Å²) in [4.78, 5) is 26.9. The molecule has 0 radical (unpaired) electrons. The molecule has 0 aliphatic heterocycles. The first-order valence-corrected chi connectivity index (χ1v) is 20.8. The van der Waals surface area contributed by atoms with Gasteiger partial charge >= 0.3 is 11.9 Å². The Bertz CT molecular complexity index is 2300. The highest BCUT2D eigenvalue weighted by atomic mass is 16.5. The number of hydrogen-bond donors (Lipinski definition) is 0. The Balaban J connectivity index is 1.71. The Labute approximate surface area is 333 Å². The fourth-order valence-corrected chi connectivity index (χ4v) is 9.94. The van der Waals surface area contributed by atoms with E-state index in [1.807, 2.05) is 13.8 Å². The maximum atomic E-state index is 13.5. The number of carbonyl (C=O) groups excluding carboxylic acids is 2. The average molecular weight is 745 g/mol. The molecule has 0 atom stereocenters. The Kier molecular flexibility index (Phi) is 11.5. The largest absolute Gasteiger partial charge is 0.465 e. The normalized spacial score (nSPS) is 12.1. The number of hydrogen-bond acceptors (Lipinski definition) is 4. The summed E-state index contributed by atoms with van der Waals surface area (Å²) >= 11 is 0. The van der Waals surface area contributed by atoms with E-state index in [1.54, 1.807) is 11.1 Å². The number of ether oxygens (including phenoxy) is 2. The zero-order chi connectivity index (χ0) is 39.7. The van der Waals surface area contributed by atoms with Crippen molar-refractivity contribution in [2.75, 3.05) is 14.2 Å². The van der Waals surface area contributed by atoms with Gasteiger partial charge in [-0.15, -0.1) is 0 Å². The fourth-order valence-electron chi connectivity index (χ4n) is 9.94. The molecule has 6 aromatic rings. The van der Waals surface area contributed by atoms with Crippen LogP contribution in [0.4, 0.5) is 0 Å². The van der Waals surface area contributed by atoms with E-state index in [-0.39, 0.29) is 0 Å². The van der Waals surface area contributed by atoms with Crippen LogP contribution in [0.3, 0.4) is 0 Å². The van der Waals surface area contributed by atoms with Gasteiger partial charge in [0.25, 0.3) is 0 Å². The third-order valence-electron chi connectivity index (χ3n) is 12.3. The molecule has 0 fully saturated rings. The standard InChI is InChI=1S/C52H56O4/c1-9-19-35-36(20-10-2)38(22-12-4)42-30-46-45(29-41(42)37(35)21-11-3)49(33-23-15-13-16-24-33)43-27-39-31(5)47(51(53)55-7)48(52(54)56-8)32(6)40(39)28-44(43)50(46)34-25-17-14-18-26-34/h13-18,23-26,29-30H,9-12,19-22,27-28H2,1-8H3. The van der Waals surface area contributed by atoms with E-state index < -0.39 is 11.9 Å². The summed E-state index contributed by atoms with van der Waals surface area (Å²) in [5.41, 5.74) is 18.0. The van der Waals surface area contributed by atoms with Crippen LogP contribution in [0.5, 0.6) is 0 Å². The molecular weight excluding hydrogens is 689 g/mol. The van der Waals surface area contributed by atoms with Crippen LogP contribution < -0.4 is 0 Å². The lowest BCUT2D eigenvalue weighted by Gasteiger charge is -2.32. The van der Waals surface area contributed by atoms with Gasteiger partial charge in [0.05, 0.1) is 25.3 Å². The van der Waals surface area contributed by atoms with Crippen molar-refractivity contribution >= 4 is 33.5 Å². The third kappa shape index (κ3) is 6.51. The average Bonchev–Trinajstić information content (AvgIpc) is 3.22. The second-order valence-electron chi connectivity index (χ2n) is 15.6.